The van der Waals surface area contributed by atoms with Gasteiger partial charge in [-0.2, -0.15) is 13.7 Å². The van der Waals surface area contributed by atoms with Gasteiger partial charge in [0.15, 0.2) is 0 Å². The van der Waals surface area contributed by atoms with Gasteiger partial charge in [0.05, 0.1) is 11.8 Å². The first-order chi connectivity index (χ1) is 5.33. The SMILES string of the molecule is C=C(C)CS(=O)(=O)O.C=CC#N. The standard InChI is InChI=1S/C4H8O3S.C3H3N/c1-4(2)3-8(5,6)7;1-2-3-4/h1,3H2,2H3,(H,5,6,7);2H,1H2. The topological polar surface area (TPSA) is 78.2 Å². The molecule has 0 aromatic carbocycles. The minimum absolute atomic E-state index is 0.340. The Bertz CT molecular complexity index is 284. The van der Waals surface area contributed by atoms with Crippen molar-refractivity contribution in [3.05, 3.63) is 24.8 Å². The second-order valence-corrected chi connectivity index (χ2v) is 3.47. The molecule has 0 aromatic rings. The van der Waals surface area contributed by atoms with Crippen molar-refractivity contribution < 1.29 is 13.0 Å². The Morgan fingerprint density at radius 3 is 2.08 bits per heavy atom. The molecule has 0 aliphatic rings. The Kier molecular flexibility index (Phi) is 7.39. The van der Waals surface area contributed by atoms with Crippen LogP contribution in [0.5, 0.6) is 0 Å². The molecule has 0 heterocycles. The average Bonchev–Trinajstić information content (AvgIpc) is 1.83. The molecule has 4 nitrogen and oxygen atoms in total. The van der Waals surface area contributed by atoms with E-state index in [9.17, 15) is 8.42 Å². The van der Waals surface area contributed by atoms with Crippen LogP contribution in [0.25, 0.3) is 0 Å². The van der Waals surface area contributed by atoms with Gasteiger partial charge >= 0.3 is 0 Å². The van der Waals surface area contributed by atoms with E-state index in [1.54, 1.807) is 6.07 Å². The minimum atomic E-state index is -3.82. The summed E-state index contributed by atoms with van der Waals surface area (Å²) < 4.78 is 28.0. The zero-order valence-corrected chi connectivity index (χ0v) is 7.63. The highest BCUT2D eigenvalue weighted by molar-refractivity contribution is 7.85. The summed E-state index contributed by atoms with van der Waals surface area (Å²) in [7, 11) is -3.82. The Balaban J connectivity index is 0. The third-order valence-corrected chi connectivity index (χ3v) is 1.38. The molecule has 68 valence electrons. The van der Waals surface area contributed by atoms with Crippen molar-refractivity contribution in [2.24, 2.45) is 0 Å². The maximum absolute atomic E-state index is 9.94. The summed E-state index contributed by atoms with van der Waals surface area (Å²) in [5.41, 5.74) is 0.438. The van der Waals surface area contributed by atoms with Gasteiger partial charge in [-0.3, -0.25) is 4.55 Å². The van der Waals surface area contributed by atoms with Crippen LogP contribution < -0.4 is 0 Å². The quantitative estimate of drug-likeness (QED) is 0.401. The molecule has 0 aromatic heterocycles. The van der Waals surface area contributed by atoms with E-state index >= 15 is 0 Å². The summed E-state index contributed by atoms with van der Waals surface area (Å²) in [4.78, 5) is 0. The van der Waals surface area contributed by atoms with Gasteiger partial charge in [-0.15, -0.1) is 0 Å². The fraction of sp³-hybridized carbons (Fsp3) is 0.286. The molecule has 0 aliphatic carbocycles. The number of hydrogen-bond donors (Lipinski definition) is 1. The summed E-state index contributed by atoms with van der Waals surface area (Å²) in [5, 5.41) is 7.51. The molecule has 0 atom stereocenters. The Hall–Kier alpha value is -1.12. The zero-order chi connectivity index (χ0) is 10.2. The second kappa shape index (κ2) is 6.58. The normalized spacial score (nSPS) is 8.75. The van der Waals surface area contributed by atoms with Crippen molar-refractivity contribution in [3.63, 3.8) is 0 Å². The molecule has 5 heteroatoms. The van der Waals surface area contributed by atoms with E-state index in [0.29, 0.717) is 5.57 Å². The smallest absolute Gasteiger partial charge is 0.268 e. The van der Waals surface area contributed by atoms with E-state index in [4.69, 9.17) is 9.81 Å². The predicted octanol–water partition coefficient (Wildman–Crippen LogP) is 1.15. The lowest BCUT2D eigenvalue weighted by Crippen LogP contribution is -2.03. The van der Waals surface area contributed by atoms with Gasteiger partial charge < -0.3 is 0 Å². The monoisotopic (exact) mass is 189 g/mol. The van der Waals surface area contributed by atoms with Crippen LogP contribution in [-0.4, -0.2) is 18.7 Å². The molecular weight excluding hydrogens is 178 g/mol. The first-order valence-corrected chi connectivity index (χ1v) is 4.54. The molecule has 0 saturated heterocycles. The minimum Gasteiger partial charge on any atom is -0.285 e. The van der Waals surface area contributed by atoms with E-state index in [1.165, 1.54) is 13.0 Å². The van der Waals surface area contributed by atoms with Crippen molar-refractivity contribution in [3.8, 4) is 6.07 Å². The lowest BCUT2D eigenvalue weighted by Gasteiger charge is -1.90. The first kappa shape index (κ1) is 13.5. The summed E-state index contributed by atoms with van der Waals surface area (Å²) in [5.74, 6) is -0.340. The molecule has 1 N–H and O–H groups in total. The fourth-order valence-electron chi connectivity index (χ4n) is 0.311. The molecular formula is C7H11NO3S. The molecule has 0 saturated carbocycles. The number of nitriles is 1. The Morgan fingerprint density at radius 2 is 2.08 bits per heavy atom. The highest BCUT2D eigenvalue weighted by Crippen LogP contribution is 1.91. The molecule has 12 heavy (non-hydrogen) atoms. The first-order valence-electron chi connectivity index (χ1n) is 2.93. The van der Waals surface area contributed by atoms with Crippen molar-refractivity contribution in [2.75, 3.05) is 5.75 Å². The van der Waals surface area contributed by atoms with Gasteiger partial charge in [0, 0.05) is 6.08 Å². The van der Waals surface area contributed by atoms with Crippen LogP contribution in [0.4, 0.5) is 0 Å². The van der Waals surface area contributed by atoms with Crippen molar-refractivity contribution in [2.45, 2.75) is 6.92 Å². The summed E-state index contributed by atoms with van der Waals surface area (Å²) in [6.45, 7) is 7.95. The lowest BCUT2D eigenvalue weighted by molar-refractivity contribution is 0.486. The van der Waals surface area contributed by atoms with Crippen LogP contribution in [0.3, 0.4) is 0 Å². The molecule has 0 radical (unpaired) electrons. The molecule has 0 spiro atoms. The largest absolute Gasteiger partial charge is 0.285 e. The van der Waals surface area contributed by atoms with E-state index in [-0.39, 0.29) is 5.75 Å². The third-order valence-electron chi connectivity index (χ3n) is 0.520. The molecule has 0 fully saturated rings. The molecule has 0 unspecified atom stereocenters. The average molecular weight is 189 g/mol. The van der Waals surface area contributed by atoms with Crippen LogP contribution in [-0.2, 0) is 10.1 Å². The summed E-state index contributed by atoms with van der Waals surface area (Å²) in [6, 6.07) is 1.69. The fourth-order valence-corrected chi connectivity index (χ4v) is 0.934. The number of nitrogens with zero attached hydrogens (tertiary/aromatic N) is 1. The van der Waals surface area contributed by atoms with Gasteiger partial charge in [-0.05, 0) is 6.92 Å². The van der Waals surface area contributed by atoms with Crippen LogP contribution in [0, 0.1) is 11.3 Å². The van der Waals surface area contributed by atoms with Gasteiger partial charge in [-0.25, -0.2) is 0 Å². The second-order valence-electron chi connectivity index (χ2n) is 2.02. The Labute approximate surface area is 72.6 Å². The lowest BCUT2D eigenvalue weighted by atomic mass is 10.4. The third kappa shape index (κ3) is 23.2. The van der Waals surface area contributed by atoms with Gasteiger partial charge in [0.2, 0.25) is 0 Å². The van der Waals surface area contributed by atoms with Crippen molar-refractivity contribution in [1.82, 2.24) is 0 Å². The summed E-state index contributed by atoms with van der Waals surface area (Å²) >= 11 is 0. The highest BCUT2D eigenvalue weighted by Gasteiger charge is 2.01. The number of rotatable bonds is 2. The molecule has 0 bridgehead atoms. The van der Waals surface area contributed by atoms with E-state index in [2.05, 4.69) is 13.2 Å². The van der Waals surface area contributed by atoms with E-state index < -0.39 is 10.1 Å². The van der Waals surface area contributed by atoms with Crippen LogP contribution in [0.1, 0.15) is 6.92 Å². The van der Waals surface area contributed by atoms with Gasteiger partial charge in [-0.1, -0.05) is 18.7 Å². The van der Waals surface area contributed by atoms with Crippen LogP contribution in [0.15, 0.2) is 24.8 Å². The van der Waals surface area contributed by atoms with Crippen LogP contribution >= 0.6 is 0 Å². The summed E-state index contributed by atoms with van der Waals surface area (Å²) in [6.07, 6.45) is 1.18. The highest BCUT2D eigenvalue weighted by atomic mass is 32.2. The molecule has 0 amide bonds. The van der Waals surface area contributed by atoms with Crippen molar-refractivity contribution in [1.29, 1.82) is 5.26 Å². The predicted molar refractivity (Wildman–Crippen MR) is 47.0 cm³/mol. The van der Waals surface area contributed by atoms with E-state index in [0.717, 1.165) is 0 Å². The Morgan fingerprint density at radius 1 is 1.75 bits per heavy atom. The molecule has 0 aliphatic heterocycles. The van der Waals surface area contributed by atoms with Gasteiger partial charge in [0.25, 0.3) is 10.1 Å². The maximum Gasteiger partial charge on any atom is 0.268 e. The maximum atomic E-state index is 9.94. The molecule has 0 rings (SSSR count). The zero-order valence-electron chi connectivity index (χ0n) is 6.82. The van der Waals surface area contributed by atoms with Gasteiger partial charge in [0.1, 0.15) is 0 Å². The number of allylic oxidation sites excluding steroid dienone is 1. The van der Waals surface area contributed by atoms with Crippen molar-refractivity contribution >= 4 is 10.1 Å². The van der Waals surface area contributed by atoms with Crippen LogP contribution in [0.2, 0.25) is 0 Å². The van der Waals surface area contributed by atoms with E-state index in [1.807, 2.05) is 0 Å². The number of hydrogen-bond acceptors (Lipinski definition) is 3.